The van der Waals surface area contributed by atoms with Gasteiger partial charge in [-0.15, -0.1) is 0 Å². The number of hydrogen-bond donors (Lipinski definition) is 2. The Labute approximate surface area is 95.7 Å². The third-order valence-electron chi connectivity index (χ3n) is 4.40. The highest BCUT2D eigenvalue weighted by Gasteiger charge is 2.52. The molecule has 0 aliphatic heterocycles. The summed E-state index contributed by atoms with van der Waals surface area (Å²) in [4.78, 5) is 0. The summed E-state index contributed by atoms with van der Waals surface area (Å²) >= 11 is 0. The first kappa shape index (κ1) is 13.8. The minimum absolute atomic E-state index is 0.203. The number of aliphatic hydroxyl groups is 2. The van der Waals surface area contributed by atoms with E-state index in [0.29, 0.717) is 12.8 Å². The van der Waals surface area contributed by atoms with Crippen molar-refractivity contribution >= 4 is 0 Å². The van der Waals surface area contributed by atoms with Crippen LogP contribution in [0.1, 0.15) is 52.4 Å². The molecule has 0 aromatic rings. The number of hydrogen-bond acceptors (Lipinski definition) is 2. The van der Waals surface area contributed by atoms with Gasteiger partial charge in [0.25, 0.3) is 0 Å². The molecule has 0 aromatic heterocycles. The van der Waals surface area contributed by atoms with Crippen LogP contribution in [0.5, 0.6) is 0 Å². The number of aliphatic hydroxyl groups excluding tert-OH is 1. The van der Waals surface area contributed by atoms with Crippen molar-refractivity contribution in [1.29, 1.82) is 0 Å². The molecular weight excluding hydrogens is 214 g/mol. The van der Waals surface area contributed by atoms with E-state index in [2.05, 4.69) is 0 Å². The van der Waals surface area contributed by atoms with Crippen molar-refractivity contribution in [2.45, 2.75) is 63.9 Å². The summed E-state index contributed by atoms with van der Waals surface area (Å²) in [5, 5.41) is 20.0. The largest absolute Gasteiger partial charge is 0.396 e. The summed E-state index contributed by atoms with van der Waals surface area (Å²) in [5.41, 5.74) is -1.75. The van der Waals surface area contributed by atoms with Crippen LogP contribution in [0.15, 0.2) is 0 Å². The topological polar surface area (TPSA) is 40.5 Å². The lowest BCUT2D eigenvalue weighted by Gasteiger charge is -2.49. The Morgan fingerprint density at radius 2 is 1.50 bits per heavy atom. The van der Waals surface area contributed by atoms with Crippen LogP contribution in [0.4, 0.5) is 8.78 Å². The van der Waals surface area contributed by atoms with Crippen molar-refractivity contribution < 1.29 is 19.0 Å². The van der Waals surface area contributed by atoms with Gasteiger partial charge in [0.1, 0.15) is 0 Å². The number of halogens is 2. The second-order valence-corrected chi connectivity index (χ2v) is 5.03. The Kier molecular flexibility index (Phi) is 3.95. The zero-order valence-electron chi connectivity index (χ0n) is 10.1. The summed E-state index contributed by atoms with van der Waals surface area (Å²) in [6, 6.07) is 0. The van der Waals surface area contributed by atoms with E-state index in [-0.39, 0.29) is 32.3 Å². The third kappa shape index (κ3) is 2.23. The van der Waals surface area contributed by atoms with Crippen LogP contribution in [-0.4, -0.2) is 28.3 Å². The maximum absolute atomic E-state index is 13.1. The van der Waals surface area contributed by atoms with Gasteiger partial charge in [0.15, 0.2) is 0 Å². The molecule has 0 radical (unpaired) electrons. The van der Waals surface area contributed by atoms with Gasteiger partial charge in [-0.3, -0.25) is 0 Å². The van der Waals surface area contributed by atoms with Crippen molar-refractivity contribution in [3.8, 4) is 0 Å². The molecule has 0 atom stereocenters. The van der Waals surface area contributed by atoms with Gasteiger partial charge >= 0.3 is 0 Å². The Bertz CT molecular complexity index is 227. The minimum Gasteiger partial charge on any atom is -0.396 e. The average Bonchev–Trinajstić information content (AvgIpc) is 2.29. The van der Waals surface area contributed by atoms with E-state index in [1.54, 1.807) is 0 Å². The van der Waals surface area contributed by atoms with Crippen LogP contribution >= 0.6 is 0 Å². The van der Waals surface area contributed by atoms with Crippen LogP contribution in [0.2, 0.25) is 0 Å². The van der Waals surface area contributed by atoms with E-state index in [9.17, 15) is 19.0 Å². The highest BCUT2D eigenvalue weighted by atomic mass is 19.3. The fourth-order valence-electron chi connectivity index (χ4n) is 2.86. The zero-order valence-corrected chi connectivity index (χ0v) is 10.1. The number of rotatable bonds is 4. The lowest BCUT2D eigenvalue weighted by molar-refractivity contribution is -0.167. The van der Waals surface area contributed by atoms with Crippen molar-refractivity contribution in [2.24, 2.45) is 5.41 Å². The first-order valence-corrected chi connectivity index (χ1v) is 6.06. The molecule has 1 saturated carbocycles. The molecule has 0 bridgehead atoms. The Morgan fingerprint density at radius 1 is 1.06 bits per heavy atom. The molecular formula is C12H22F2O2. The molecule has 1 aliphatic carbocycles. The highest BCUT2D eigenvalue weighted by molar-refractivity contribution is 5.01. The van der Waals surface area contributed by atoms with Crippen molar-refractivity contribution in [3.63, 3.8) is 0 Å². The Balaban J connectivity index is 2.88. The second kappa shape index (κ2) is 4.57. The van der Waals surface area contributed by atoms with E-state index in [1.165, 1.54) is 0 Å². The summed E-state index contributed by atoms with van der Waals surface area (Å²) in [6.45, 7) is 3.47. The van der Waals surface area contributed by atoms with E-state index in [4.69, 9.17) is 0 Å². The molecule has 96 valence electrons. The molecule has 0 aromatic carbocycles. The molecule has 0 saturated heterocycles. The summed E-state index contributed by atoms with van der Waals surface area (Å²) in [5.74, 6) is -2.62. The molecule has 2 nitrogen and oxygen atoms in total. The molecule has 0 unspecified atom stereocenters. The molecule has 4 heteroatoms. The monoisotopic (exact) mass is 236 g/mol. The molecule has 1 aliphatic rings. The van der Waals surface area contributed by atoms with Crippen LogP contribution in [0, 0.1) is 5.41 Å². The quantitative estimate of drug-likeness (QED) is 0.788. The fourth-order valence-corrected chi connectivity index (χ4v) is 2.86. The van der Waals surface area contributed by atoms with E-state index in [0.717, 1.165) is 0 Å². The van der Waals surface area contributed by atoms with Crippen LogP contribution < -0.4 is 0 Å². The summed E-state index contributed by atoms with van der Waals surface area (Å²) < 4.78 is 26.2. The van der Waals surface area contributed by atoms with Crippen LogP contribution in [0.3, 0.4) is 0 Å². The Hall–Kier alpha value is -0.220. The van der Waals surface area contributed by atoms with Crippen molar-refractivity contribution in [1.82, 2.24) is 0 Å². The normalized spacial score (nSPS) is 24.4. The van der Waals surface area contributed by atoms with E-state index in [1.807, 2.05) is 13.8 Å². The molecule has 1 rings (SSSR count). The molecule has 0 heterocycles. The van der Waals surface area contributed by atoms with Gasteiger partial charge in [0.05, 0.1) is 12.2 Å². The Morgan fingerprint density at radius 3 is 1.81 bits per heavy atom. The first-order chi connectivity index (χ1) is 7.35. The van der Waals surface area contributed by atoms with Gasteiger partial charge in [-0.25, -0.2) is 8.78 Å². The highest BCUT2D eigenvalue weighted by Crippen LogP contribution is 2.51. The molecule has 1 fully saturated rings. The van der Waals surface area contributed by atoms with Crippen molar-refractivity contribution in [3.05, 3.63) is 0 Å². The molecule has 0 spiro atoms. The van der Waals surface area contributed by atoms with Crippen LogP contribution in [-0.2, 0) is 0 Å². The smallest absolute Gasteiger partial charge is 0.248 e. The van der Waals surface area contributed by atoms with Gasteiger partial charge < -0.3 is 10.2 Å². The first-order valence-electron chi connectivity index (χ1n) is 6.06. The SMILES string of the molecule is CCC(O)(CC)C1(CO)CCC(F)(F)CC1. The molecule has 16 heavy (non-hydrogen) atoms. The lowest BCUT2D eigenvalue weighted by atomic mass is 9.61. The van der Waals surface area contributed by atoms with Gasteiger partial charge in [-0.05, 0) is 25.7 Å². The predicted octanol–water partition coefficient (Wildman–Crippen LogP) is 2.73. The maximum atomic E-state index is 13.1. The minimum atomic E-state index is -2.62. The lowest BCUT2D eigenvalue weighted by Crippen LogP contribution is -2.53. The fraction of sp³-hybridized carbons (Fsp3) is 1.00. The van der Waals surface area contributed by atoms with E-state index >= 15 is 0 Å². The van der Waals surface area contributed by atoms with Gasteiger partial charge in [-0.1, -0.05) is 13.8 Å². The standard InChI is InChI=1S/C12H22F2O2/c1-3-11(16,4-2)10(9-15)5-7-12(13,14)8-6-10/h15-16H,3-9H2,1-2H3. The second-order valence-electron chi connectivity index (χ2n) is 5.03. The predicted molar refractivity (Wildman–Crippen MR) is 58.5 cm³/mol. The van der Waals surface area contributed by atoms with Gasteiger partial charge in [-0.2, -0.15) is 0 Å². The summed E-state index contributed by atoms with van der Waals surface area (Å²) in [7, 11) is 0. The summed E-state index contributed by atoms with van der Waals surface area (Å²) in [6.07, 6.45) is 0.945. The van der Waals surface area contributed by atoms with Gasteiger partial charge in [0, 0.05) is 18.3 Å². The van der Waals surface area contributed by atoms with Crippen LogP contribution in [0.25, 0.3) is 0 Å². The molecule has 2 N–H and O–H groups in total. The maximum Gasteiger partial charge on any atom is 0.248 e. The zero-order chi connectivity index (χ0) is 12.4. The number of alkyl halides is 2. The van der Waals surface area contributed by atoms with E-state index < -0.39 is 16.9 Å². The third-order valence-corrected chi connectivity index (χ3v) is 4.40. The average molecular weight is 236 g/mol. The molecule has 0 amide bonds. The van der Waals surface area contributed by atoms with Gasteiger partial charge in [0.2, 0.25) is 5.92 Å². The van der Waals surface area contributed by atoms with Crippen molar-refractivity contribution in [2.75, 3.05) is 6.61 Å².